The molecular formula is C33H28N4O5. The molecule has 0 radical (unpaired) electrons. The van der Waals surface area contributed by atoms with Crippen LogP contribution in [0.5, 0.6) is 0 Å². The third-order valence-electron chi connectivity index (χ3n) is 7.40. The minimum absolute atomic E-state index is 0.319. The smallest absolute Gasteiger partial charge is 0.338 e. The van der Waals surface area contributed by atoms with Crippen molar-refractivity contribution < 1.29 is 13.9 Å². The molecule has 6 aromatic rings. The average molecular weight is 561 g/mol. The van der Waals surface area contributed by atoms with Gasteiger partial charge in [0, 0.05) is 5.56 Å². The van der Waals surface area contributed by atoms with Gasteiger partial charge in [-0.05, 0) is 43.2 Å². The highest BCUT2D eigenvalue weighted by atomic mass is 16.5. The normalized spacial score (nSPS) is 11.2. The van der Waals surface area contributed by atoms with Crippen LogP contribution < -0.4 is 11.1 Å². The minimum Gasteiger partial charge on any atom is -0.465 e. The molecule has 0 bridgehead atoms. The second-order valence-corrected chi connectivity index (χ2v) is 10.1. The molecule has 210 valence electrons. The molecule has 0 fully saturated rings. The lowest BCUT2D eigenvalue weighted by Crippen LogP contribution is -2.19. The molecular weight excluding hydrogens is 532 g/mol. The number of furan rings is 1. The topological polar surface area (TPSA) is 137 Å². The Labute approximate surface area is 240 Å². The fourth-order valence-corrected chi connectivity index (χ4v) is 5.25. The maximum atomic E-state index is 13.5. The van der Waals surface area contributed by atoms with Gasteiger partial charge in [-0.2, -0.15) is 0 Å². The van der Waals surface area contributed by atoms with Crippen molar-refractivity contribution in [1.29, 1.82) is 0 Å². The monoisotopic (exact) mass is 560 g/mol. The van der Waals surface area contributed by atoms with Crippen LogP contribution in [0.2, 0.25) is 0 Å². The first-order valence-electron chi connectivity index (χ1n) is 13.4. The molecule has 42 heavy (non-hydrogen) atoms. The van der Waals surface area contributed by atoms with Gasteiger partial charge in [0.25, 0.3) is 11.1 Å². The van der Waals surface area contributed by atoms with Crippen LogP contribution in [0.4, 0.5) is 0 Å². The van der Waals surface area contributed by atoms with Crippen molar-refractivity contribution >= 4 is 5.97 Å². The third kappa shape index (κ3) is 4.71. The minimum atomic E-state index is -0.915. The van der Waals surface area contributed by atoms with E-state index in [1.165, 1.54) is 7.11 Å². The summed E-state index contributed by atoms with van der Waals surface area (Å²) in [6.45, 7) is 3.97. The Bertz CT molecular complexity index is 1900. The molecule has 0 atom stereocenters. The molecule has 0 aliphatic rings. The molecule has 0 amide bonds. The zero-order chi connectivity index (χ0) is 29.4. The van der Waals surface area contributed by atoms with Gasteiger partial charge in [0.15, 0.2) is 0 Å². The molecule has 3 heterocycles. The molecule has 0 spiro atoms. The number of aromatic nitrogens is 4. The molecule has 3 aromatic carbocycles. The molecule has 0 saturated heterocycles. The lowest BCUT2D eigenvalue weighted by molar-refractivity contribution is 0.0601. The Kier molecular flexibility index (Phi) is 6.84. The summed E-state index contributed by atoms with van der Waals surface area (Å²) in [5.41, 5.74) is 5.46. The van der Waals surface area contributed by atoms with E-state index in [-0.39, 0.29) is 11.1 Å². The molecule has 9 heteroatoms. The number of nitrogens with one attached hydrogen (secondary N) is 4. The zero-order valence-electron chi connectivity index (χ0n) is 23.2. The Morgan fingerprint density at radius 2 is 1.21 bits per heavy atom. The van der Waals surface area contributed by atoms with Crippen molar-refractivity contribution in [2.75, 3.05) is 7.11 Å². The summed E-state index contributed by atoms with van der Waals surface area (Å²) >= 11 is 0. The van der Waals surface area contributed by atoms with E-state index in [0.717, 1.165) is 22.3 Å². The second kappa shape index (κ2) is 10.8. The molecule has 4 N–H and O–H groups in total. The van der Waals surface area contributed by atoms with Gasteiger partial charge in [0.1, 0.15) is 11.5 Å². The van der Waals surface area contributed by atoms with Crippen LogP contribution in [-0.2, 0) is 4.74 Å². The largest absolute Gasteiger partial charge is 0.465 e. The van der Waals surface area contributed by atoms with Crippen LogP contribution in [-0.4, -0.2) is 33.5 Å². The van der Waals surface area contributed by atoms with Gasteiger partial charge in [-0.15, -0.1) is 0 Å². The number of carbonyl (C=O) groups excluding carboxylic acids is 1. The Morgan fingerprint density at radius 1 is 0.690 bits per heavy atom. The number of carbonyl (C=O) groups is 1. The fourth-order valence-electron chi connectivity index (χ4n) is 5.25. The number of aromatic amines is 4. The quantitative estimate of drug-likeness (QED) is 0.180. The molecule has 0 aliphatic heterocycles. The predicted molar refractivity (Wildman–Crippen MR) is 160 cm³/mol. The zero-order valence-corrected chi connectivity index (χ0v) is 23.2. The van der Waals surface area contributed by atoms with Crippen molar-refractivity contribution in [2.45, 2.75) is 19.8 Å². The number of rotatable bonds is 7. The van der Waals surface area contributed by atoms with Crippen LogP contribution in [0.1, 0.15) is 44.3 Å². The Balaban J connectivity index is 1.60. The molecule has 0 unspecified atom stereocenters. The van der Waals surface area contributed by atoms with E-state index in [2.05, 4.69) is 20.4 Å². The van der Waals surface area contributed by atoms with Crippen LogP contribution in [0.3, 0.4) is 0 Å². The van der Waals surface area contributed by atoms with E-state index in [0.29, 0.717) is 45.2 Å². The highest BCUT2D eigenvalue weighted by Crippen LogP contribution is 2.40. The fraction of sp³-hybridized carbons (Fsp3) is 0.121. The second-order valence-electron chi connectivity index (χ2n) is 10.1. The summed E-state index contributed by atoms with van der Waals surface area (Å²) < 4.78 is 11.4. The van der Waals surface area contributed by atoms with Gasteiger partial charge in [0.05, 0.1) is 41.1 Å². The number of hydrogen-bond donors (Lipinski definition) is 4. The summed E-state index contributed by atoms with van der Waals surface area (Å²) in [4.78, 5) is 39.6. The van der Waals surface area contributed by atoms with Gasteiger partial charge in [-0.1, -0.05) is 77.9 Å². The summed E-state index contributed by atoms with van der Waals surface area (Å²) in [6.07, 6.45) is 0. The number of esters is 1. The summed E-state index contributed by atoms with van der Waals surface area (Å²) in [6, 6.07) is 25.9. The van der Waals surface area contributed by atoms with Crippen LogP contribution in [0.15, 0.2) is 98.9 Å². The highest BCUT2D eigenvalue weighted by molar-refractivity contribution is 5.96. The lowest BCUT2D eigenvalue weighted by Gasteiger charge is -2.15. The Hall–Kier alpha value is -5.57. The SMILES string of the molecule is COC(=O)c1ccccc1-c1ccc(C(c2c(-c3ccc(C)cc3)[nH][nH]c2=O)c2c(-c3ccc(C)cc3)[nH][nH]c2=O)o1. The van der Waals surface area contributed by atoms with Crippen molar-refractivity contribution in [3.05, 3.63) is 139 Å². The highest BCUT2D eigenvalue weighted by Gasteiger charge is 2.33. The van der Waals surface area contributed by atoms with Gasteiger partial charge in [0.2, 0.25) is 0 Å². The number of H-pyrrole nitrogens is 4. The lowest BCUT2D eigenvalue weighted by atomic mass is 9.86. The first-order valence-corrected chi connectivity index (χ1v) is 13.4. The molecule has 0 aliphatic carbocycles. The van der Waals surface area contributed by atoms with Gasteiger partial charge in [-0.3, -0.25) is 30.0 Å². The van der Waals surface area contributed by atoms with Gasteiger partial charge in [-0.25, -0.2) is 4.79 Å². The maximum Gasteiger partial charge on any atom is 0.338 e. The van der Waals surface area contributed by atoms with Crippen molar-refractivity contribution in [3.63, 3.8) is 0 Å². The number of aryl methyl sites for hydroxylation is 2. The standard InChI is InChI=1S/C33H28N4O5/c1-18-8-12-20(13-9-18)29-27(31(38)36-34-29)26(28-30(35-37-32(28)39)21-14-10-19(2)11-15-21)25-17-16-24(42-25)22-6-4-5-7-23(22)33(40)41-3/h4-17,26H,1-3H3,(H2,34,36,38)(H2,35,37,39). The van der Waals surface area contributed by atoms with Crippen molar-refractivity contribution in [1.82, 2.24) is 20.4 Å². The Morgan fingerprint density at radius 3 is 1.74 bits per heavy atom. The summed E-state index contributed by atoms with van der Waals surface area (Å²) in [5.74, 6) is -0.681. The van der Waals surface area contributed by atoms with E-state index in [4.69, 9.17) is 9.15 Å². The summed E-state index contributed by atoms with van der Waals surface area (Å²) in [5, 5.41) is 11.5. The van der Waals surface area contributed by atoms with Crippen molar-refractivity contribution in [3.8, 4) is 33.8 Å². The molecule has 9 nitrogen and oxygen atoms in total. The first-order chi connectivity index (χ1) is 20.4. The molecule has 3 aromatic heterocycles. The number of ether oxygens (including phenoxy) is 1. The average Bonchev–Trinajstić information content (AvgIpc) is 3.74. The number of benzene rings is 3. The molecule has 0 saturated carbocycles. The van der Waals surface area contributed by atoms with Crippen LogP contribution in [0.25, 0.3) is 33.8 Å². The number of methoxy groups -OCH3 is 1. The predicted octanol–water partition coefficient (Wildman–Crippen LogP) is 5.90. The third-order valence-corrected chi connectivity index (χ3v) is 7.40. The number of hydrogen-bond acceptors (Lipinski definition) is 5. The van der Waals surface area contributed by atoms with Gasteiger partial charge < -0.3 is 9.15 Å². The van der Waals surface area contributed by atoms with Crippen molar-refractivity contribution in [2.24, 2.45) is 0 Å². The van der Waals surface area contributed by atoms with E-state index in [1.54, 1.807) is 36.4 Å². The van der Waals surface area contributed by atoms with E-state index in [9.17, 15) is 14.4 Å². The van der Waals surface area contributed by atoms with E-state index >= 15 is 0 Å². The van der Waals surface area contributed by atoms with E-state index in [1.807, 2.05) is 62.4 Å². The molecule has 6 rings (SSSR count). The first kappa shape index (κ1) is 26.6. The van der Waals surface area contributed by atoms with Crippen LogP contribution >= 0.6 is 0 Å². The van der Waals surface area contributed by atoms with Crippen LogP contribution in [0, 0.1) is 13.8 Å². The summed E-state index contributed by atoms with van der Waals surface area (Å²) in [7, 11) is 1.32. The maximum absolute atomic E-state index is 13.5. The van der Waals surface area contributed by atoms with E-state index < -0.39 is 11.9 Å². The van der Waals surface area contributed by atoms with Gasteiger partial charge >= 0.3 is 5.97 Å².